The Bertz CT molecular complexity index is 497. The van der Waals surface area contributed by atoms with Gasteiger partial charge in [-0.15, -0.1) is 0 Å². The topological polar surface area (TPSA) is 78.4 Å². The second-order valence-electron chi connectivity index (χ2n) is 3.49. The van der Waals surface area contributed by atoms with E-state index < -0.39 is 29.2 Å². The summed E-state index contributed by atoms with van der Waals surface area (Å²) in [7, 11) is 0. The van der Waals surface area contributed by atoms with Crippen LogP contribution in [0.2, 0.25) is 0 Å². The van der Waals surface area contributed by atoms with Crippen LogP contribution in [0.15, 0.2) is 12.1 Å². The molecular formula is C11H12F2N2O3S. The fourth-order valence-electron chi connectivity index (χ4n) is 1.24. The molecule has 0 aliphatic carbocycles. The summed E-state index contributed by atoms with van der Waals surface area (Å²) in [6, 6.07) is 0.471. The number of carbonyl (C=O) groups is 2. The smallest absolute Gasteiger partial charge is 0.338 e. The van der Waals surface area contributed by atoms with E-state index in [0.29, 0.717) is 18.4 Å². The van der Waals surface area contributed by atoms with E-state index in [1.807, 2.05) is 6.26 Å². The van der Waals surface area contributed by atoms with Gasteiger partial charge < -0.3 is 15.7 Å². The number of thioether (sulfide) groups is 1. The Morgan fingerprint density at radius 3 is 2.58 bits per heavy atom. The quantitative estimate of drug-likeness (QED) is 0.726. The lowest BCUT2D eigenvalue weighted by atomic mass is 10.2. The predicted molar refractivity (Wildman–Crippen MR) is 68.7 cm³/mol. The first-order valence-electron chi connectivity index (χ1n) is 5.21. The monoisotopic (exact) mass is 290 g/mol. The van der Waals surface area contributed by atoms with Crippen molar-refractivity contribution >= 4 is 29.4 Å². The van der Waals surface area contributed by atoms with E-state index in [-0.39, 0.29) is 5.69 Å². The molecule has 1 aromatic rings. The van der Waals surface area contributed by atoms with Gasteiger partial charge in [0.15, 0.2) is 0 Å². The van der Waals surface area contributed by atoms with Crippen molar-refractivity contribution in [2.24, 2.45) is 0 Å². The molecule has 2 amide bonds. The third-order valence-corrected chi connectivity index (χ3v) is 2.74. The maximum Gasteiger partial charge on any atom is 0.338 e. The number of carboxylic acid groups (broad SMARTS) is 1. The van der Waals surface area contributed by atoms with Crippen LogP contribution in [0, 0.1) is 11.6 Å². The Morgan fingerprint density at radius 2 is 2.00 bits per heavy atom. The molecule has 0 saturated heterocycles. The van der Waals surface area contributed by atoms with E-state index in [4.69, 9.17) is 5.11 Å². The lowest BCUT2D eigenvalue weighted by Gasteiger charge is -2.09. The lowest BCUT2D eigenvalue weighted by Crippen LogP contribution is -2.31. The standard InChI is InChI=1S/C11H12F2N2O3S/c1-19-3-2-14-11(18)15-9-4-6(10(16)17)7(12)5-8(9)13/h4-5H,2-3H2,1H3,(H,16,17)(H2,14,15,18). The van der Waals surface area contributed by atoms with Crippen molar-refractivity contribution in [2.75, 3.05) is 23.9 Å². The molecule has 19 heavy (non-hydrogen) atoms. The molecule has 0 radical (unpaired) electrons. The van der Waals surface area contributed by atoms with Crippen molar-refractivity contribution in [1.29, 1.82) is 0 Å². The third-order valence-electron chi connectivity index (χ3n) is 2.13. The van der Waals surface area contributed by atoms with E-state index in [0.717, 1.165) is 6.07 Å². The average molecular weight is 290 g/mol. The average Bonchev–Trinajstić information content (AvgIpc) is 2.32. The summed E-state index contributed by atoms with van der Waals surface area (Å²) < 4.78 is 26.5. The van der Waals surface area contributed by atoms with Gasteiger partial charge in [-0.25, -0.2) is 18.4 Å². The van der Waals surface area contributed by atoms with Crippen molar-refractivity contribution in [3.05, 3.63) is 29.3 Å². The first-order chi connectivity index (χ1) is 8.95. The Balaban J connectivity index is 2.80. The number of halogens is 2. The Morgan fingerprint density at radius 1 is 1.32 bits per heavy atom. The number of amides is 2. The van der Waals surface area contributed by atoms with Crippen LogP contribution < -0.4 is 10.6 Å². The molecular weight excluding hydrogens is 278 g/mol. The maximum atomic E-state index is 13.4. The highest BCUT2D eigenvalue weighted by atomic mass is 32.2. The third kappa shape index (κ3) is 4.40. The van der Waals surface area contributed by atoms with Crippen molar-refractivity contribution in [1.82, 2.24) is 5.32 Å². The Hall–Kier alpha value is -1.83. The highest BCUT2D eigenvalue weighted by Crippen LogP contribution is 2.19. The summed E-state index contributed by atoms with van der Waals surface area (Å²) in [6.45, 7) is 0.377. The van der Waals surface area contributed by atoms with Gasteiger partial charge in [0.2, 0.25) is 0 Å². The number of carbonyl (C=O) groups excluding carboxylic acids is 1. The number of hydrogen-bond donors (Lipinski definition) is 3. The van der Waals surface area contributed by atoms with Crippen molar-refractivity contribution in [3.8, 4) is 0 Å². The summed E-state index contributed by atoms with van der Waals surface area (Å²) in [5.41, 5.74) is -1.10. The summed E-state index contributed by atoms with van der Waals surface area (Å²) in [6.07, 6.45) is 1.86. The van der Waals surface area contributed by atoms with E-state index in [1.165, 1.54) is 11.8 Å². The molecule has 0 aliphatic heterocycles. The fourth-order valence-corrected chi connectivity index (χ4v) is 1.55. The van der Waals surface area contributed by atoms with Crippen LogP contribution in [0.5, 0.6) is 0 Å². The molecule has 0 atom stereocenters. The van der Waals surface area contributed by atoms with Gasteiger partial charge in [-0.2, -0.15) is 11.8 Å². The number of aromatic carboxylic acids is 1. The maximum absolute atomic E-state index is 13.4. The first-order valence-corrected chi connectivity index (χ1v) is 6.61. The molecule has 0 heterocycles. The van der Waals surface area contributed by atoms with Gasteiger partial charge in [0.05, 0.1) is 11.3 Å². The van der Waals surface area contributed by atoms with Crippen LogP contribution in [0.3, 0.4) is 0 Å². The van der Waals surface area contributed by atoms with Crippen LogP contribution in [-0.4, -0.2) is 35.7 Å². The number of benzene rings is 1. The van der Waals surface area contributed by atoms with E-state index in [2.05, 4.69) is 10.6 Å². The minimum atomic E-state index is -1.54. The van der Waals surface area contributed by atoms with E-state index >= 15 is 0 Å². The van der Waals surface area contributed by atoms with Crippen LogP contribution in [-0.2, 0) is 0 Å². The Kier molecular flexibility index (Phi) is 5.56. The van der Waals surface area contributed by atoms with Crippen molar-refractivity contribution in [2.45, 2.75) is 0 Å². The molecule has 0 aromatic heterocycles. The molecule has 3 N–H and O–H groups in total. The summed E-state index contributed by atoms with van der Waals surface area (Å²) in [4.78, 5) is 22.1. The summed E-state index contributed by atoms with van der Waals surface area (Å²) in [5, 5.41) is 13.3. The first kappa shape index (κ1) is 15.2. The van der Waals surface area contributed by atoms with Gasteiger partial charge in [0.25, 0.3) is 0 Å². The van der Waals surface area contributed by atoms with Gasteiger partial charge in [-0.05, 0) is 12.3 Å². The van der Waals surface area contributed by atoms with Crippen LogP contribution >= 0.6 is 11.8 Å². The molecule has 104 valence electrons. The zero-order valence-corrected chi connectivity index (χ0v) is 10.8. The number of anilines is 1. The number of rotatable bonds is 5. The number of hydrogen-bond acceptors (Lipinski definition) is 3. The number of nitrogens with one attached hydrogen (secondary N) is 2. The molecule has 0 bridgehead atoms. The molecule has 8 heteroatoms. The molecule has 0 aliphatic rings. The molecule has 5 nitrogen and oxygen atoms in total. The highest BCUT2D eigenvalue weighted by molar-refractivity contribution is 7.98. The van der Waals surface area contributed by atoms with E-state index in [9.17, 15) is 18.4 Å². The second-order valence-corrected chi connectivity index (χ2v) is 4.48. The van der Waals surface area contributed by atoms with Crippen molar-refractivity contribution < 1.29 is 23.5 Å². The van der Waals surface area contributed by atoms with Gasteiger partial charge in [0, 0.05) is 18.4 Å². The zero-order valence-electron chi connectivity index (χ0n) is 10.00. The summed E-state index contributed by atoms with van der Waals surface area (Å²) >= 11 is 1.52. The lowest BCUT2D eigenvalue weighted by molar-refractivity contribution is 0.0692. The molecule has 0 spiro atoms. The van der Waals surface area contributed by atoms with Gasteiger partial charge >= 0.3 is 12.0 Å². The largest absolute Gasteiger partial charge is 0.478 e. The minimum Gasteiger partial charge on any atom is -0.478 e. The molecule has 0 unspecified atom stereocenters. The van der Waals surface area contributed by atoms with Gasteiger partial charge in [-0.3, -0.25) is 0 Å². The van der Waals surface area contributed by atoms with E-state index in [1.54, 1.807) is 0 Å². The van der Waals surface area contributed by atoms with Crippen LogP contribution in [0.1, 0.15) is 10.4 Å². The predicted octanol–water partition coefficient (Wildman–Crippen LogP) is 2.15. The highest BCUT2D eigenvalue weighted by Gasteiger charge is 2.16. The fraction of sp³-hybridized carbons (Fsp3) is 0.273. The molecule has 1 rings (SSSR count). The number of carboxylic acids is 1. The normalized spacial score (nSPS) is 10.1. The minimum absolute atomic E-state index is 0.377. The van der Waals surface area contributed by atoms with Crippen molar-refractivity contribution in [3.63, 3.8) is 0 Å². The van der Waals surface area contributed by atoms with Crippen LogP contribution in [0.4, 0.5) is 19.3 Å². The Labute approximate surface area is 112 Å². The SMILES string of the molecule is CSCCNC(=O)Nc1cc(C(=O)O)c(F)cc1F. The molecule has 0 fully saturated rings. The molecule has 0 saturated carbocycles. The second kappa shape index (κ2) is 6.93. The van der Waals surface area contributed by atoms with Crippen LogP contribution in [0.25, 0.3) is 0 Å². The number of urea groups is 1. The van der Waals surface area contributed by atoms with Gasteiger partial charge in [0.1, 0.15) is 11.6 Å². The molecule has 1 aromatic carbocycles. The van der Waals surface area contributed by atoms with Gasteiger partial charge in [-0.1, -0.05) is 0 Å². The summed E-state index contributed by atoms with van der Waals surface area (Å²) in [5.74, 6) is -3.09. The zero-order chi connectivity index (χ0) is 14.4.